The zero-order valence-corrected chi connectivity index (χ0v) is 18.1. The van der Waals surface area contributed by atoms with Crippen LogP contribution in [0.4, 0.5) is 11.4 Å². The van der Waals surface area contributed by atoms with E-state index in [1.807, 2.05) is 36.6 Å². The van der Waals surface area contributed by atoms with E-state index in [4.69, 9.17) is 4.74 Å². The van der Waals surface area contributed by atoms with Crippen LogP contribution in [0.25, 0.3) is 0 Å². The van der Waals surface area contributed by atoms with Crippen molar-refractivity contribution in [2.45, 2.75) is 24.7 Å². The highest BCUT2D eigenvalue weighted by Gasteiger charge is 2.25. The third kappa shape index (κ3) is 4.20. The molecule has 0 spiro atoms. The summed E-state index contributed by atoms with van der Waals surface area (Å²) in [6.45, 7) is 3.05. The van der Waals surface area contributed by atoms with Gasteiger partial charge in [0.05, 0.1) is 16.4 Å². The molecule has 0 saturated carbocycles. The number of anilines is 2. The van der Waals surface area contributed by atoms with E-state index in [-0.39, 0.29) is 10.8 Å². The summed E-state index contributed by atoms with van der Waals surface area (Å²) in [5.41, 5.74) is 2.27. The van der Waals surface area contributed by atoms with E-state index in [1.165, 1.54) is 23.5 Å². The Balaban J connectivity index is 1.56. The van der Waals surface area contributed by atoms with Crippen molar-refractivity contribution in [3.8, 4) is 5.75 Å². The number of ether oxygens (including phenoxy) is 1. The number of hydrogen-bond donors (Lipinski definition) is 1. The Morgan fingerprint density at radius 2 is 1.97 bits per heavy atom. The minimum absolute atomic E-state index is 0.0198. The first-order chi connectivity index (χ1) is 14.5. The summed E-state index contributed by atoms with van der Waals surface area (Å²) in [4.78, 5) is 15.4. The lowest BCUT2D eigenvalue weighted by atomic mass is 10.0. The third-order valence-electron chi connectivity index (χ3n) is 4.87. The van der Waals surface area contributed by atoms with Crippen molar-refractivity contribution in [1.29, 1.82) is 0 Å². The molecule has 8 heteroatoms. The molecule has 3 aromatic rings. The molecule has 0 saturated heterocycles. The second-order valence-electron chi connectivity index (χ2n) is 6.89. The maximum absolute atomic E-state index is 12.8. The van der Waals surface area contributed by atoms with E-state index in [1.54, 1.807) is 23.1 Å². The first kappa shape index (κ1) is 20.4. The fraction of sp³-hybridized carbons (Fsp3) is 0.227. The summed E-state index contributed by atoms with van der Waals surface area (Å²) in [5, 5.41) is 1.89. The number of nitrogens with one attached hydrogen (secondary N) is 1. The number of benzene rings is 2. The molecule has 0 aliphatic carbocycles. The summed E-state index contributed by atoms with van der Waals surface area (Å²) < 4.78 is 33.5. The van der Waals surface area contributed by atoms with E-state index < -0.39 is 10.0 Å². The van der Waals surface area contributed by atoms with Crippen molar-refractivity contribution in [2.24, 2.45) is 0 Å². The van der Waals surface area contributed by atoms with Gasteiger partial charge in [-0.25, -0.2) is 8.42 Å². The van der Waals surface area contributed by atoms with Gasteiger partial charge in [-0.1, -0.05) is 6.07 Å². The largest absolute Gasteiger partial charge is 0.494 e. The smallest absolute Gasteiger partial charge is 0.268 e. The van der Waals surface area contributed by atoms with Gasteiger partial charge in [-0.2, -0.15) is 0 Å². The van der Waals surface area contributed by atoms with Crippen LogP contribution >= 0.6 is 11.3 Å². The number of fused-ring (bicyclic) bond motifs is 1. The molecule has 0 unspecified atom stereocenters. The van der Waals surface area contributed by atoms with E-state index >= 15 is 0 Å². The number of carbonyl (C=O) groups excluding carboxylic acids is 1. The lowest BCUT2D eigenvalue weighted by molar-refractivity contribution is 0.0989. The van der Waals surface area contributed by atoms with Crippen molar-refractivity contribution in [3.05, 3.63) is 70.4 Å². The average Bonchev–Trinajstić information content (AvgIpc) is 3.28. The molecule has 2 aromatic carbocycles. The zero-order chi connectivity index (χ0) is 21.1. The molecule has 0 fully saturated rings. The molecule has 2 heterocycles. The Labute approximate surface area is 180 Å². The Hall–Kier alpha value is -2.84. The van der Waals surface area contributed by atoms with Crippen LogP contribution in [0.3, 0.4) is 0 Å². The van der Waals surface area contributed by atoms with Crippen LogP contribution in [0.1, 0.15) is 28.6 Å². The van der Waals surface area contributed by atoms with Crippen LogP contribution in [0.2, 0.25) is 0 Å². The zero-order valence-electron chi connectivity index (χ0n) is 16.5. The number of rotatable bonds is 6. The number of hydrogen-bond acceptors (Lipinski definition) is 5. The van der Waals surface area contributed by atoms with Crippen molar-refractivity contribution >= 4 is 38.6 Å². The number of amides is 1. The van der Waals surface area contributed by atoms with E-state index in [0.717, 1.165) is 24.1 Å². The monoisotopic (exact) mass is 442 g/mol. The molecule has 6 nitrogen and oxygen atoms in total. The van der Waals surface area contributed by atoms with Crippen LogP contribution in [-0.2, 0) is 16.4 Å². The van der Waals surface area contributed by atoms with Gasteiger partial charge in [-0.3, -0.25) is 9.52 Å². The van der Waals surface area contributed by atoms with Crippen molar-refractivity contribution < 1.29 is 17.9 Å². The molecule has 156 valence electrons. The number of sulfonamides is 1. The molecule has 4 rings (SSSR count). The Morgan fingerprint density at radius 3 is 2.67 bits per heavy atom. The van der Waals surface area contributed by atoms with Gasteiger partial charge in [-0.05, 0) is 79.2 Å². The molecular weight excluding hydrogens is 420 g/mol. The Bertz CT molecular complexity index is 1140. The fourth-order valence-corrected chi connectivity index (χ4v) is 5.22. The summed E-state index contributed by atoms with van der Waals surface area (Å²) in [7, 11) is -3.72. The Kier molecular flexibility index (Phi) is 5.78. The topological polar surface area (TPSA) is 75.7 Å². The predicted molar refractivity (Wildman–Crippen MR) is 119 cm³/mol. The van der Waals surface area contributed by atoms with Crippen LogP contribution < -0.4 is 14.4 Å². The standard InChI is InChI=1S/C22H22N2O4S2/c1-2-28-18-8-10-19(11-9-18)30(26,27)23-17-7-12-20-16(15-17)5-3-13-24(20)22(25)21-6-4-14-29-21/h4,6-12,14-15,23H,2-3,5,13H2,1H3. The minimum Gasteiger partial charge on any atom is -0.494 e. The predicted octanol–water partition coefficient (Wildman–Crippen LogP) is 4.54. The van der Waals surface area contributed by atoms with Gasteiger partial charge >= 0.3 is 0 Å². The fourth-order valence-electron chi connectivity index (χ4n) is 3.50. The molecule has 1 aliphatic rings. The molecule has 1 amide bonds. The SMILES string of the molecule is CCOc1ccc(S(=O)(=O)Nc2ccc3c(c2)CCCN3C(=O)c2cccs2)cc1. The van der Waals surface area contributed by atoms with E-state index in [2.05, 4.69) is 4.72 Å². The van der Waals surface area contributed by atoms with Crippen LogP contribution in [0, 0.1) is 0 Å². The van der Waals surface area contributed by atoms with Crippen molar-refractivity contribution in [2.75, 3.05) is 22.8 Å². The summed E-state index contributed by atoms with van der Waals surface area (Å²) >= 11 is 1.42. The summed E-state index contributed by atoms with van der Waals surface area (Å²) in [5.74, 6) is 0.606. The van der Waals surface area contributed by atoms with Gasteiger partial charge in [-0.15, -0.1) is 11.3 Å². The molecule has 30 heavy (non-hydrogen) atoms. The van der Waals surface area contributed by atoms with Gasteiger partial charge in [0.2, 0.25) is 0 Å². The molecule has 1 aromatic heterocycles. The van der Waals surface area contributed by atoms with Gasteiger partial charge in [0.1, 0.15) is 5.75 Å². The highest BCUT2D eigenvalue weighted by Crippen LogP contribution is 2.32. The summed E-state index contributed by atoms with van der Waals surface area (Å²) in [6.07, 6.45) is 1.63. The normalized spacial score (nSPS) is 13.6. The number of aryl methyl sites for hydroxylation is 1. The first-order valence-electron chi connectivity index (χ1n) is 9.72. The average molecular weight is 443 g/mol. The molecule has 0 bridgehead atoms. The van der Waals surface area contributed by atoms with Crippen LogP contribution in [0.15, 0.2) is 64.9 Å². The lowest BCUT2D eigenvalue weighted by Crippen LogP contribution is -2.35. The number of carbonyl (C=O) groups is 1. The second kappa shape index (κ2) is 8.49. The molecular formula is C22H22N2O4S2. The quantitative estimate of drug-likeness (QED) is 0.608. The maximum Gasteiger partial charge on any atom is 0.268 e. The van der Waals surface area contributed by atoms with Gasteiger partial charge in [0, 0.05) is 17.9 Å². The second-order valence-corrected chi connectivity index (χ2v) is 9.52. The highest BCUT2D eigenvalue weighted by molar-refractivity contribution is 7.92. The first-order valence-corrected chi connectivity index (χ1v) is 12.1. The summed E-state index contributed by atoms with van der Waals surface area (Å²) in [6, 6.07) is 15.3. The van der Waals surface area contributed by atoms with Gasteiger partial charge in [0.25, 0.3) is 15.9 Å². The molecule has 0 radical (unpaired) electrons. The highest BCUT2D eigenvalue weighted by atomic mass is 32.2. The lowest BCUT2D eigenvalue weighted by Gasteiger charge is -2.29. The maximum atomic E-state index is 12.8. The van der Waals surface area contributed by atoms with Gasteiger partial charge < -0.3 is 9.64 Å². The van der Waals surface area contributed by atoms with Crippen LogP contribution in [0.5, 0.6) is 5.75 Å². The Morgan fingerprint density at radius 1 is 1.17 bits per heavy atom. The third-order valence-corrected chi connectivity index (χ3v) is 7.13. The minimum atomic E-state index is -3.72. The number of thiophene rings is 1. The van der Waals surface area contributed by atoms with E-state index in [0.29, 0.717) is 29.5 Å². The van der Waals surface area contributed by atoms with Gasteiger partial charge in [0.15, 0.2) is 0 Å². The van der Waals surface area contributed by atoms with Crippen molar-refractivity contribution in [1.82, 2.24) is 0 Å². The van der Waals surface area contributed by atoms with Crippen molar-refractivity contribution in [3.63, 3.8) is 0 Å². The number of nitrogens with zero attached hydrogens (tertiary/aromatic N) is 1. The molecule has 1 aliphatic heterocycles. The molecule has 0 atom stereocenters. The van der Waals surface area contributed by atoms with E-state index in [9.17, 15) is 13.2 Å². The molecule has 1 N–H and O–H groups in total. The van der Waals surface area contributed by atoms with Crippen LogP contribution in [-0.4, -0.2) is 27.5 Å².